The monoisotopic (exact) mass is 582 g/mol. The Balaban J connectivity index is 0.000000307. The third-order valence-electron chi connectivity index (χ3n) is 5.94. The third-order valence-corrected chi connectivity index (χ3v) is 5.94. The number of H-pyrrole nitrogens is 1. The number of nitrogens with one attached hydrogen (secondary N) is 2. The number of alkyl carbamates (subject to hydrolysis) is 1. The van der Waals surface area contributed by atoms with E-state index in [4.69, 9.17) is 9.47 Å². The van der Waals surface area contributed by atoms with Crippen LogP contribution < -0.4 is 5.32 Å². The molecule has 0 aliphatic carbocycles. The van der Waals surface area contributed by atoms with E-state index < -0.39 is 17.7 Å². The Kier molecular flexibility index (Phi) is 11.3. The van der Waals surface area contributed by atoms with E-state index >= 15 is 0 Å². The molecular formula is C29H42N8O5. The first kappa shape index (κ1) is 33.9. The SMILES string of the molecule is CC(C)(C)OC(=O)N[C@@H](c1nc(-c2cnccn2)n[nH]1)C(C)(C)C.C[C@@H](C(=O)OCC(=O)c1cnccn1)C(C)(C)C. The van der Waals surface area contributed by atoms with Gasteiger partial charge in [0, 0.05) is 24.8 Å². The lowest BCUT2D eigenvalue weighted by molar-refractivity contribution is -0.150. The lowest BCUT2D eigenvalue weighted by Crippen LogP contribution is -2.40. The molecule has 0 fully saturated rings. The average Bonchev–Trinajstić information content (AvgIpc) is 3.39. The largest absolute Gasteiger partial charge is 0.457 e. The summed E-state index contributed by atoms with van der Waals surface area (Å²) < 4.78 is 10.3. The number of aromatic amines is 1. The first-order chi connectivity index (χ1) is 19.4. The number of amides is 1. The zero-order valence-corrected chi connectivity index (χ0v) is 26.1. The summed E-state index contributed by atoms with van der Waals surface area (Å²) in [5.74, 6) is -0.0307. The van der Waals surface area contributed by atoms with E-state index in [1.54, 1.807) is 25.5 Å². The number of carbonyl (C=O) groups is 3. The Morgan fingerprint density at radius 2 is 1.50 bits per heavy atom. The van der Waals surface area contributed by atoms with Gasteiger partial charge in [-0.1, -0.05) is 48.5 Å². The van der Waals surface area contributed by atoms with Gasteiger partial charge in [-0.25, -0.2) is 19.7 Å². The van der Waals surface area contributed by atoms with Gasteiger partial charge in [-0.2, -0.15) is 5.10 Å². The van der Waals surface area contributed by atoms with E-state index in [9.17, 15) is 14.4 Å². The van der Waals surface area contributed by atoms with Crippen LogP contribution in [0.5, 0.6) is 0 Å². The minimum atomic E-state index is -0.571. The van der Waals surface area contributed by atoms with Crippen LogP contribution in [0.2, 0.25) is 0 Å². The Labute approximate surface area is 246 Å². The molecule has 0 saturated heterocycles. The van der Waals surface area contributed by atoms with E-state index in [1.807, 2.05) is 62.3 Å². The van der Waals surface area contributed by atoms with Crippen molar-refractivity contribution in [2.24, 2.45) is 16.7 Å². The maximum Gasteiger partial charge on any atom is 0.408 e. The quantitative estimate of drug-likeness (QED) is 0.290. The number of ether oxygens (including phenoxy) is 2. The van der Waals surface area contributed by atoms with Gasteiger partial charge in [0.25, 0.3) is 0 Å². The number of hydrogen-bond donors (Lipinski definition) is 2. The lowest BCUT2D eigenvalue weighted by Gasteiger charge is -2.30. The van der Waals surface area contributed by atoms with Crippen LogP contribution in [0, 0.1) is 16.7 Å². The van der Waals surface area contributed by atoms with Crippen molar-refractivity contribution in [2.75, 3.05) is 6.61 Å². The van der Waals surface area contributed by atoms with Gasteiger partial charge in [0.15, 0.2) is 6.61 Å². The highest BCUT2D eigenvalue weighted by molar-refractivity contribution is 5.96. The van der Waals surface area contributed by atoms with Crippen LogP contribution in [0.4, 0.5) is 4.79 Å². The minimum absolute atomic E-state index is 0.188. The van der Waals surface area contributed by atoms with Crippen LogP contribution in [0.3, 0.4) is 0 Å². The van der Waals surface area contributed by atoms with Crippen molar-refractivity contribution >= 4 is 17.8 Å². The smallest absolute Gasteiger partial charge is 0.408 e. The van der Waals surface area contributed by atoms with E-state index in [0.29, 0.717) is 17.3 Å². The van der Waals surface area contributed by atoms with Gasteiger partial charge >= 0.3 is 12.1 Å². The summed E-state index contributed by atoms with van der Waals surface area (Å²) in [6.45, 7) is 18.8. The van der Waals surface area contributed by atoms with Crippen molar-refractivity contribution in [1.82, 2.24) is 40.4 Å². The van der Waals surface area contributed by atoms with E-state index in [0.717, 1.165) is 0 Å². The van der Waals surface area contributed by atoms with Crippen LogP contribution >= 0.6 is 0 Å². The van der Waals surface area contributed by atoms with Crippen molar-refractivity contribution in [3.63, 3.8) is 0 Å². The van der Waals surface area contributed by atoms with Gasteiger partial charge in [0.05, 0.1) is 24.4 Å². The predicted molar refractivity (Wildman–Crippen MR) is 155 cm³/mol. The van der Waals surface area contributed by atoms with E-state index in [2.05, 4.69) is 40.4 Å². The second kappa shape index (κ2) is 14.1. The Bertz CT molecular complexity index is 1310. The first-order valence-corrected chi connectivity index (χ1v) is 13.5. The Hall–Kier alpha value is -4.29. The maximum absolute atomic E-state index is 12.1. The topological polar surface area (TPSA) is 175 Å². The molecule has 3 aromatic heterocycles. The summed E-state index contributed by atoms with van der Waals surface area (Å²) in [6.07, 6.45) is 8.49. The van der Waals surface area contributed by atoms with Crippen LogP contribution in [0.1, 0.15) is 91.6 Å². The zero-order chi connectivity index (χ0) is 31.7. The maximum atomic E-state index is 12.1. The molecule has 1 amide bonds. The molecule has 0 aliphatic heterocycles. The fraction of sp³-hybridized carbons (Fsp3) is 0.552. The summed E-state index contributed by atoms with van der Waals surface area (Å²) in [7, 11) is 0. The Morgan fingerprint density at radius 1 is 0.881 bits per heavy atom. The predicted octanol–water partition coefficient (Wildman–Crippen LogP) is 4.76. The van der Waals surface area contributed by atoms with Crippen molar-refractivity contribution in [1.29, 1.82) is 0 Å². The molecule has 42 heavy (non-hydrogen) atoms. The highest BCUT2D eigenvalue weighted by Gasteiger charge is 2.33. The number of Topliss-reactive ketones (excluding diaryl/α,β-unsaturated/α-hetero) is 1. The fourth-order valence-electron chi connectivity index (χ4n) is 3.19. The van der Waals surface area contributed by atoms with Gasteiger partial charge in [-0.3, -0.25) is 24.7 Å². The molecule has 0 aliphatic rings. The number of rotatable bonds is 7. The van der Waals surface area contributed by atoms with Crippen LogP contribution in [0.25, 0.3) is 11.5 Å². The van der Waals surface area contributed by atoms with Crippen molar-refractivity contribution in [3.05, 3.63) is 48.7 Å². The van der Waals surface area contributed by atoms with Gasteiger partial charge in [-0.05, 0) is 31.6 Å². The zero-order valence-electron chi connectivity index (χ0n) is 26.1. The second-order valence-electron chi connectivity index (χ2n) is 12.8. The molecular weight excluding hydrogens is 540 g/mol. The molecule has 3 heterocycles. The molecule has 228 valence electrons. The van der Waals surface area contributed by atoms with Crippen molar-refractivity contribution in [2.45, 2.75) is 80.9 Å². The molecule has 0 spiro atoms. The van der Waals surface area contributed by atoms with Crippen LogP contribution in [-0.4, -0.2) is 65.2 Å². The molecule has 0 radical (unpaired) electrons. The van der Waals surface area contributed by atoms with Crippen LogP contribution in [-0.2, 0) is 14.3 Å². The molecule has 2 N–H and O–H groups in total. The van der Waals surface area contributed by atoms with E-state index in [1.165, 1.54) is 18.6 Å². The molecule has 0 saturated carbocycles. The molecule has 13 heteroatoms. The summed E-state index contributed by atoms with van der Waals surface area (Å²) in [4.78, 5) is 55.8. The summed E-state index contributed by atoms with van der Waals surface area (Å²) >= 11 is 0. The summed E-state index contributed by atoms with van der Waals surface area (Å²) in [6, 6.07) is -0.398. The minimum Gasteiger partial charge on any atom is -0.457 e. The second-order valence-corrected chi connectivity index (χ2v) is 12.8. The average molecular weight is 583 g/mol. The molecule has 3 rings (SSSR count). The molecule has 0 aromatic carbocycles. The van der Waals surface area contributed by atoms with Gasteiger partial charge in [0.1, 0.15) is 22.8 Å². The lowest BCUT2D eigenvalue weighted by atomic mass is 9.82. The number of nitrogens with zero attached hydrogens (tertiary/aromatic N) is 6. The van der Waals surface area contributed by atoms with Crippen LogP contribution in [0.15, 0.2) is 37.2 Å². The first-order valence-electron chi connectivity index (χ1n) is 13.5. The molecule has 0 unspecified atom stereocenters. The molecule has 13 nitrogen and oxygen atoms in total. The fourth-order valence-corrected chi connectivity index (χ4v) is 3.19. The van der Waals surface area contributed by atoms with Gasteiger partial charge in [-0.15, -0.1) is 0 Å². The molecule has 0 bridgehead atoms. The molecule has 3 aromatic rings. The van der Waals surface area contributed by atoms with E-state index in [-0.39, 0.29) is 40.8 Å². The Morgan fingerprint density at radius 3 is 2.00 bits per heavy atom. The number of ketones is 1. The normalized spacial score (nSPS) is 13.2. The standard InChI is InChI=1S/C16H24N6O2.C13H18N2O3/c1-15(2,3)11(19-14(23)24-16(4,5)6)13-20-12(21-22-13)10-9-17-7-8-18-10;1-9(13(2,3)4)12(17)18-8-11(16)10-7-14-5-6-15-10/h7-9,11H,1-6H3,(H,19,23)(H,20,21,22);5-7,9H,8H2,1-4H3/t11-;9-/m00/s1. The highest BCUT2D eigenvalue weighted by Crippen LogP contribution is 2.32. The van der Waals surface area contributed by atoms with Crippen molar-refractivity contribution < 1.29 is 23.9 Å². The number of aromatic nitrogens is 7. The third kappa shape index (κ3) is 10.9. The number of esters is 1. The highest BCUT2D eigenvalue weighted by atomic mass is 16.6. The number of hydrogen-bond acceptors (Lipinski definition) is 11. The summed E-state index contributed by atoms with van der Waals surface area (Å²) in [5.41, 5.74) is -0.291. The summed E-state index contributed by atoms with van der Waals surface area (Å²) in [5, 5.41) is 9.92. The van der Waals surface area contributed by atoms with Gasteiger partial charge in [0.2, 0.25) is 11.6 Å². The number of carbonyl (C=O) groups excluding carboxylic acids is 3. The van der Waals surface area contributed by atoms with Crippen molar-refractivity contribution in [3.8, 4) is 11.5 Å². The van der Waals surface area contributed by atoms with Gasteiger partial charge < -0.3 is 14.8 Å². The molecule has 2 atom stereocenters.